The Labute approximate surface area is 148 Å². The lowest BCUT2D eigenvalue weighted by atomic mass is 10.1. The fourth-order valence-electron chi connectivity index (χ4n) is 2.95. The summed E-state index contributed by atoms with van der Waals surface area (Å²) in [5.41, 5.74) is 3.73. The average molecular weight is 337 g/mol. The van der Waals surface area contributed by atoms with Crippen molar-refractivity contribution in [2.24, 2.45) is 0 Å². The van der Waals surface area contributed by atoms with Crippen molar-refractivity contribution in [3.8, 4) is 0 Å². The van der Waals surface area contributed by atoms with Crippen LogP contribution in [0.5, 0.6) is 0 Å². The third-order valence-electron chi connectivity index (χ3n) is 4.47. The molecule has 2 aromatic rings. The number of aryl methyl sites for hydroxylation is 1. The van der Waals surface area contributed by atoms with Crippen LogP contribution < -0.4 is 15.1 Å². The van der Waals surface area contributed by atoms with Crippen molar-refractivity contribution in [2.45, 2.75) is 25.8 Å². The quantitative estimate of drug-likeness (QED) is 0.852. The predicted octanol–water partition coefficient (Wildman–Crippen LogP) is 3.06. The van der Waals surface area contributed by atoms with E-state index in [9.17, 15) is 9.59 Å². The van der Waals surface area contributed by atoms with E-state index in [0.717, 1.165) is 17.8 Å². The Morgan fingerprint density at radius 3 is 2.24 bits per heavy atom. The molecule has 25 heavy (non-hydrogen) atoms. The molecule has 0 radical (unpaired) electrons. The van der Waals surface area contributed by atoms with Crippen LogP contribution in [0, 0.1) is 0 Å². The SMILES string of the molecule is CCc1ccc(N2C(=O)C[C@H](Nc3ccc(N(C)C)cc3)C2=O)cc1. The number of benzene rings is 2. The van der Waals surface area contributed by atoms with E-state index >= 15 is 0 Å². The van der Waals surface area contributed by atoms with Crippen LogP contribution in [0.1, 0.15) is 18.9 Å². The molecule has 1 fully saturated rings. The standard InChI is InChI=1S/C20H23N3O2/c1-4-14-5-9-17(10-6-14)23-19(24)13-18(20(23)25)21-15-7-11-16(12-8-15)22(2)3/h5-12,18,21H,4,13H2,1-3H3/t18-/m0/s1. The lowest BCUT2D eigenvalue weighted by Crippen LogP contribution is -2.34. The van der Waals surface area contributed by atoms with Gasteiger partial charge in [-0.05, 0) is 48.4 Å². The van der Waals surface area contributed by atoms with Crippen molar-refractivity contribution in [3.05, 3.63) is 54.1 Å². The fraction of sp³-hybridized carbons (Fsp3) is 0.300. The Bertz CT molecular complexity index is 767. The molecule has 0 unspecified atom stereocenters. The number of amides is 2. The van der Waals surface area contributed by atoms with Crippen molar-refractivity contribution >= 4 is 28.9 Å². The van der Waals surface area contributed by atoms with Crippen LogP contribution >= 0.6 is 0 Å². The second kappa shape index (κ2) is 6.97. The van der Waals surface area contributed by atoms with E-state index in [2.05, 4.69) is 12.2 Å². The summed E-state index contributed by atoms with van der Waals surface area (Å²) >= 11 is 0. The van der Waals surface area contributed by atoms with Crippen LogP contribution in [-0.2, 0) is 16.0 Å². The van der Waals surface area contributed by atoms with Gasteiger partial charge in [-0.3, -0.25) is 9.59 Å². The third-order valence-corrected chi connectivity index (χ3v) is 4.47. The second-order valence-corrected chi connectivity index (χ2v) is 6.43. The summed E-state index contributed by atoms with van der Waals surface area (Å²) in [6.45, 7) is 2.07. The first-order valence-corrected chi connectivity index (χ1v) is 8.49. The zero-order chi connectivity index (χ0) is 18.0. The Morgan fingerprint density at radius 1 is 1.04 bits per heavy atom. The van der Waals surface area contributed by atoms with Gasteiger partial charge >= 0.3 is 0 Å². The highest BCUT2D eigenvalue weighted by atomic mass is 16.2. The number of nitrogens with one attached hydrogen (secondary N) is 1. The number of nitrogens with zero attached hydrogens (tertiary/aromatic N) is 2. The first-order valence-electron chi connectivity index (χ1n) is 8.49. The van der Waals surface area contributed by atoms with Crippen molar-refractivity contribution < 1.29 is 9.59 Å². The summed E-state index contributed by atoms with van der Waals surface area (Å²) in [6, 6.07) is 14.9. The first-order chi connectivity index (χ1) is 12.0. The van der Waals surface area contributed by atoms with Crippen molar-refractivity contribution in [3.63, 3.8) is 0 Å². The van der Waals surface area contributed by atoms with Gasteiger partial charge in [-0.15, -0.1) is 0 Å². The van der Waals surface area contributed by atoms with Crippen molar-refractivity contribution in [2.75, 3.05) is 29.2 Å². The zero-order valence-corrected chi connectivity index (χ0v) is 14.8. The Balaban J connectivity index is 1.74. The number of anilines is 3. The lowest BCUT2D eigenvalue weighted by Gasteiger charge is -2.17. The molecule has 1 aliphatic rings. The maximum Gasteiger partial charge on any atom is 0.256 e. The molecule has 0 saturated carbocycles. The summed E-state index contributed by atoms with van der Waals surface area (Å²) in [4.78, 5) is 28.3. The molecule has 2 aromatic carbocycles. The average Bonchev–Trinajstić information content (AvgIpc) is 2.89. The van der Waals surface area contributed by atoms with E-state index in [1.807, 2.05) is 67.5 Å². The molecule has 5 nitrogen and oxygen atoms in total. The highest BCUT2D eigenvalue weighted by Gasteiger charge is 2.39. The van der Waals surface area contributed by atoms with Gasteiger partial charge in [0.15, 0.2) is 0 Å². The molecule has 0 aromatic heterocycles. The number of rotatable bonds is 5. The summed E-state index contributed by atoms with van der Waals surface area (Å²) in [5, 5.41) is 3.18. The maximum absolute atomic E-state index is 12.7. The molecule has 0 aliphatic carbocycles. The van der Waals surface area contributed by atoms with Gasteiger partial charge in [0.25, 0.3) is 5.91 Å². The minimum absolute atomic E-state index is 0.170. The lowest BCUT2D eigenvalue weighted by molar-refractivity contribution is -0.121. The largest absolute Gasteiger partial charge is 0.378 e. The van der Waals surface area contributed by atoms with Crippen molar-refractivity contribution in [1.29, 1.82) is 0 Å². The van der Waals surface area contributed by atoms with E-state index in [0.29, 0.717) is 5.69 Å². The van der Waals surface area contributed by atoms with Gasteiger partial charge in [0.05, 0.1) is 12.1 Å². The van der Waals surface area contributed by atoms with Gasteiger partial charge in [-0.25, -0.2) is 4.90 Å². The third kappa shape index (κ3) is 3.50. The molecule has 1 N–H and O–H groups in total. The van der Waals surface area contributed by atoms with Gasteiger partial charge in [0.1, 0.15) is 6.04 Å². The molecule has 1 aliphatic heterocycles. The molecule has 0 bridgehead atoms. The van der Waals surface area contributed by atoms with Crippen molar-refractivity contribution in [1.82, 2.24) is 0 Å². The predicted molar refractivity (Wildman–Crippen MR) is 101 cm³/mol. The summed E-state index contributed by atoms with van der Waals surface area (Å²) in [5.74, 6) is -0.373. The summed E-state index contributed by atoms with van der Waals surface area (Å²) in [7, 11) is 3.95. The van der Waals surface area contributed by atoms with Crippen LogP contribution in [-0.4, -0.2) is 32.0 Å². The first kappa shape index (κ1) is 17.0. The number of carbonyl (C=O) groups is 2. The van der Waals surface area contributed by atoms with Gasteiger partial charge in [0.2, 0.25) is 5.91 Å². The number of imide groups is 1. The van der Waals surface area contributed by atoms with E-state index < -0.39 is 6.04 Å². The number of carbonyl (C=O) groups excluding carboxylic acids is 2. The van der Waals surface area contributed by atoms with Gasteiger partial charge < -0.3 is 10.2 Å². The summed E-state index contributed by atoms with van der Waals surface area (Å²) in [6.07, 6.45) is 1.10. The Morgan fingerprint density at radius 2 is 1.68 bits per heavy atom. The van der Waals surface area contributed by atoms with Gasteiger partial charge in [0, 0.05) is 25.5 Å². The van der Waals surface area contributed by atoms with Crippen LogP contribution in [0.2, 0.25) is 0 Å². The molecule has 130 valence electrons. The van der Waals surface area contributed by atoms with Crippen LogP contribution in [0.25, 0.3) is 0 Å². The smallest absolute Gasteiger partial charge is 0.256 e. The topological polar surface area (TPSA) is 52.7 Å². The highest BCUT2D eigenvalue weighted by Crippen LogP contribution is 2.26. The minimum Gasteiger partial charge on any atom is -0.378 e. The zero-order valence-electron chi connectivity index (χ0n) is 14.8. The minimum atomic E-state index is -0.524. The van der Waals surface area contributed by atoms with E-state index in [4.69, 9.17) is 0 Å². The van der Waals surface area contributed by atoms with E-state index in [1.165, 1.54) is 10.5 Å². The highest BCUT2D eigenvalue weighted by molar-refractivity contribution is 6.23. The molecule has 0 spiro atoms. The maximum atomic E-state index is 12.7. The second-order valence-electron chi connectivity index (χ2n) is 6.43. The monoisotopic (exact) mass is 337 g/mol. The Kier molecular flexibility index (Phi) is 4.74. The van der Waals surface area contributed by atoms with Gasteiger partial charge in [-0.2, -0.15) is 0 Å². The van der Waals surface area contributed by atoms with Crippen LogP contribution in [0.3, 0.4) is 0 Å². The van der Waals surface area contributed by atoms with E-state index in [-0.39, 0.29) is 18.2 Å². The van der Waals surface area contributed by atoms with Crippen LogP contribution in [0.15, 0.2) is 48.5 Å². The summed E-state index contributed by atoms with van der Waals surface area (Å²) < 4.78 is 0. The number of hydrogen-bond donors (Lipinski definition) is 1. The number of hydrogen-bond acceptors (Lipinski definition) is 4. The molecule has 1 heterocycles. The molecule has 3 rings (SSSR count). The molecule has 1 saturated heterocycles. The molecule has 1 atom stereocenters. The van der Waals surface area contributed by atoms with E-state index in [1.54, 1.807) is 0 Å². The molecule has 5 heteroatoms. The Hall–Kier alpha value is -2.82. The normalized spacial score (nSPS) is 17.1. The molecular weight excluding hydrogens is 314 g/mol. The van der Waals surface area contributed by atoms with Crippen LogP contribution in [0.4, 0.5) is 17.1 Å². The fourth-order valence-corrected chi connectivity index (χ4v) is 2.95. The van der Waals surface area contributed by atoms with Gasteiger partial charge in [-0.1, -0.05) is 19.1 Å². The molecule has 2 amide bonds. The molecular formula is C20H23N3O2.